The molecule has 1 aliphatic carbocycles. The van der Waals surface area contributed by atoms with Crippen molar-refractivity contribution in [3.05, 3.63) is 29.3 Å². The first-order valence-electron chi connectivity index (χ1n) is 6.72. The number of anilines is 1. The van der Waals surface area contributed by atoms with Gasteiger partial charge in [0.25, 0.3) is 0 Å². The number of hydrogen-bond donors (Lipinski definition) is 1. The average Bonchev–Trinajstić information content (AvgIpc) is 3.14. The summed E-state index contributed by atoms with van der Waals surface area (Å²) in [6.07, 6.45) is 5.13. The molecule has 0 aromatic heterocycles. The van der Waals surface area contributed by atoms with E-state index < -0.39 is 0 Å². The molecule has 0 spiro atoms. The summed E-state index contributed by atoms with van der Waals surface area (Å²) in [4.78, 5) is 13.4. The van der Waals surface area contributed by atoms with E-state index in [1.165, 1.54) is 24.0 Å². The van der Waals surface area contributed by atoms with Gasteiger partial charge in [-0.3, -0.25) is 4.79 Å². The first-order chi connectivity index (χ1) is 8.63. The van der Waals surface area contributed by atoms with Crippen LogP contribution in [0.1, 0.15) is 30.4 Å². The quantitative estimate of drug-likeness (QED) is 0.882. The summed E-state index contributed by atoms with van der Waals surface area (Å²) < 4.78 is 0. The van der Waals surface area contributed by atoms with E-state index in [1.807, 2.05) is 7.05 Å². The molecule has 1 aliphatic heterocycles. The number of benzene rings is 1. The first kappa shape index (κ1) is 11.7. The van der Waals surface area contributed by atoms with Gasteiger partial charge in [-0.2, -0.15) is 0 Å². The van der Waals surface area contributed by atoms with Crippen molar-refractivity contribution in [3.63, 3.8) is 0 Å². The van der Waals surface area contributed by atoms with Crippen LogP contribution in [0, 0.1) is 5.41 Å². The zero-order chi connectivity index (χ0) is 12.8. The van der Waals surface area contributed by atoms with Crippen molar-refractivity contribution in [2.24, 2.45) is 11.1 Å². The summed E-state index contributed by atoms with van der Waals surface area (Å²) in [5.74, 6) is 0.218. The number of nitrogens with zero attached hydrogens (tertiary/aromatic N) is 1. The van der Waals surface area contributed by atoms with Gasteiger partial charge in [-0.1, -0.05) is 12.1 Å². The molecular weight excluding hydrogens is 224 g/mol. The molecule has 1 heterocycles. The number of aryl methyl sites for hydroxylation is 1. The highest BCUT2D eigenvalue weighted by atomic mass is 16.2. The van der Waals surface area contributed by atoms with Crippen molar-refractivity contribution < 1.29 is 4.79 Å². The molecule has 96 valence electrons. The third-order valence-electron chi connectivity index (χ3n) is 4.46. The highest BCUT2D eigenvalue weighted by Gasteiger charge is 2.41. The fourth-order valence-electron chi connectivity index (χ4n) is 2.88. The summed E-state index contributed by atoms with van der Waals surface area (Å²) in [5, 5.41) is 0. The lowest BCUT2D eigenvalue weighted by molar-refractivity contribution is -0.118. The normalized spacial score (nSPS) is 20.8. The van der Waals surface area contributed by atoms with E-state index in [4.69, 9.17) is 5.73 Å². The standard InChI is InChI=1S/C15H20N2O/c1-17-13-4-2-11(9-15(10-16)6-7-15)8-12(13)3-5-14(17)18/h2,4,8H,3,5-7,9-10,16H2,1H3. The lowest BCUT2D eigenvalue weighted by Gasteiger charge is -2.26. The summed E-state index contributed by atoms with van der Waals surface area (Å²) in [5.41, 5.74) is 9.98. The van der Waals surface area contributed by atoms with Gasteiger partial charge >= 0.3 is 0 Å². The maximum atomic E-state index is 11.6. The highest BCUT2D eigenvalue weighted by Crippen LogP contribution is 2.47. The number of fused-ring (bicyclic) bond motifs is 1. The van der Waals surface area contributed by atoms with Gasteiger partial charge in [0.1, 0.15) is 0 Å². The molecule has 3 heteroatoms. The Morgan fingerprint density at radius 3 is 2.78 bits per heavy atom. The minimum atomic E-state index is 0.218. The summed E-state index contributed by atoms with van der Waals surface area (Å²) >= 11 is 0. The first-order valence-corrected chi connectivity index (χ1v) is 6.72. The Bertz CT molecular complexity index is 491. The number of hydrogen-bond acceptors (Lipinski definition) is 2. The Hall–Kier alpha value is -1.35. The number of amides is 1. The van der Waals surface area contributed by atoms with Crippen molar-refractivity contribution in [1.82, 2.24) is 0 Å². The van der Waals surface area contributed by atoms with Gasteiger partial charge in [-0.05, 0) is 54.8 Å². The van der Waals surface area contributed by atoms with Crippen molar-refractivity contribution in [1.29, 1.82) is 0 Å². The van der Waals surface area contributed by atoms with Crippen LogP contribution in [0.4, 0.5) is 5.69 Å². The molecule has 1 aromatic carbocycles. The van der Waals surface area contributed by atoms with E-state index in [0.29, 0.717) is 11.8 Å². The Labute approximate surface area is 108 Å². The molecule has 0 radical (unpaired) electrons. The molecule has 3 nitrogen and oxygen atoms in total. The number of nitrogens with two attached hydrogens (primary N) is 1. The zero-order valence-corrected chi connectivity index (χ0v) is 10.9. The molecule has 2 N–H and O–H groups in total. The molecule has 1 fully saturated rings. The molecular formula is C15H20N2O. The predicted molar refractivity (Wildman–Crippen MR) is 72.6 cm³/mol. The van der Waals surface area contributed by atoms with Crippen LogP contribution in [-0.4, -0.2) is 19.5 Å². The third kappa shape index (κ3) is 1.93. The van der Waals surface area contributed by atoms with Crippen LogP contribution in [0.2, 0.25) is 0 Å². The molecule has 1 aromatic rings. The summed E-state index contributed by atoms with van der Waals surface area (Å²) in [6, 6.07) is 6.52. The maximum Gasteiger partial charge on any atom is 0.227 e. The molecule has 2 aliphatic rings. The number of carbonyl (C=O) groups excluding carboxylic acids is 1. The van der Waals surface area contributed by atoms with Crippen LogP contribution < -0.4 is 10.6 Å². The zero-order valence-electron chi connectivity index (χ0n) is 10.9. The molecule has 0 atom stereocenters. The van der Waals surface area contributed by atoms with Gasteiger partial charge in [-0.25, -0.2) is 0 Å². The van der Waals surface area contributed by atoms with E-state index in [9.17, 15) is 4.79 Å². The smallest absolute Gasteiger partial charge is 0.227 e. The summed E-state index contributed by atoms with van der Waals surface area (Å²) in [6.45, 7) is 0.794. The lowest BCUT2D eigenvalue weighted by atomic mass is 9.92. The second kappa shape index (κ2) is 4.09. The van der Waals surface area contributed by atoms with Gasteiger partial charge < -0.3 is 10.6 Å². The van der Waals surface area contributed by atoms with Gasteiger partial charge in [0.05, 0.1) is 0 Å². The average molecular weight is 244 g/mol. The van der Waals surface area contributed by atoms with E-state index in [1.54, 1.807) is 4.90 Å². The second-order valence-corrected chi connectivity index (χ2v) is 5.80. The van der Waals surface area contributed by atoms with Gasteiger partial charge in [0.15, 0.2) is 0 Å². The molecule has 0 bridgehead atoms. The Morgan fingerprint density at radius 2 is 2.11 bits per heavy atom. The lowest BCUT2D eigenvalue weighted by Crippen LogP contribution is -2.31. The largest absolute Gasteiger partial charge is 0.330 e. The highest BCUT2D eigenvalue weighted by molar-refractivity contribution is 5.95. The molecule has 1 amide bonds. The second-order valence-electron chi connectivity index (χ2n) is 5.80. The predicted octanol–water partition coefficient (Wildman–Crippen LogP) is 1.88. The molecule has 1 saturated carbocycles. The van der Waals surface area contributed by atoms with Gasteiger partial charge in [0, 0.05) is 19.2 Å². The minimum Gasteiger partial charge on any atom is -0.330 e. The Balaban J connectivity index is 1.85. The van der Waals surface area contributed by atoms with Crippen LogP contribution in [0.3, 0.4) is 0 Å². The van der Waals surface area contributed by atoms with Crippen LogP contribution in [0.25, 0.3) is 0 Å². The Kier molecular flexibility index (Phi) is 2.67. The maximum absolute atomic E-state index is 11.6. The Morgan fingerprint density at radius 1 is 1.33 bits per heavy atom. The van der Waals surface area contributed by atoms with E-state index in [0.717, 1.165) is 25.1 Å². The van der Waals surface area contributed by atoms with Crippen molar-refractivity contribution in [3.8, 4) is 0 Å². The fraction of sp³-hybridized carbons (Fsp3) is 0.533. The third-order valence-corrected chi connectivity index (χ3v) is 4.46. The van der Waals surface area contributed by atoms with Gasteiger partial charge in [0.2, 0.25) is 5.91 Å². The molecule has 0 unspecified atom stereocenters. The summed E-state index contributed by atoms with van der Waals surface area (Å²) in [7, 11) is 1.86. The number of rotatable bonds is 3. The van der Waals surface area contributed by atoms with E-state index >= 15 is 0 Å². The molecule has 18 heavy (non-hydrogen) atoms. The molecule has 0 saturated heterocycles. The van der Waals surface area contributed by atoms with Crippen molar-refractivity contribution >= 4 is 11.6 Å². The van der Waals surface area contributed by atoms with E-state index in [2.05, 4.69) is 18.2 Å². The SMILES string of the molecule is CN1C(=O)CCc2cc(CC3(CN)CC3)ccc21. The van der Waals surface area contributed by atoms with E-state index in [-0.39, 0.29) is 5.91 Å². The van der Waals surface area contributed by atoms with Crippen LogP contribution in [0.15, 0.2) is 18.2 Å². The van der Waals surface area contributed by atoms with Crippen LogP contribution >= 0.6 is 0 Å². The monoisotopic (exact) mass is 244 g/mol. The molecule has 3 rings (SSSR count). The van der Waals surface area contributed by atoms with Crippen LogP contribution in [-0.2, 0) is 17.6 Å². The van der Waals surface area contributed by atoms with Crippen molar-refractivity contribution in [2.45, 2.75) is 32.1 Å². The minimum absolute atomic E-state index is 0.218. The van der Waals surface area contributed by atoms with Crippen molar-refractivity contribution in [2.75, 3.05) is 18.5 Å². The topological polar surface area (TPSA) is 46.3 Å². The fourth-order valence-corrected chi connectivity index (χ4v) is 2.88. The van der Waals surface area contributed by atoms with Crippen LogP contribution in [0.5, 0.6) is 0 Å². The van der Waals surface area contributed by atoms with Gasteiger partial charge in [-0.15, -0.1) is 0 Å². The number of carbonyl (C=O) groups is 1.